The Morgan fingerprint density at radius 2 is 1.70 bits per heavy atom. The third-order valence-corrected chi connectivity index (χ3v) is 5.66. The van der Waals surface area contributed by atoms with Crippen molar-refractivity contribution in [2.75, 3.05) is 26.2 Å². The van der Waals surface area contributed by atoms with E-state index in [4.69, 9.17) is 10.8 Å². The number of unbranched alkanes of at least 4 members (excludes halogenated alkanes) is 1. The summed E-state index contributed by atoms with van der Waals surface area (Å²) in [6.07, 6.45) is 13.5. The SMILES string of the molecule is CC(N)(CO)CCCCN1CCC2(CCCCC2)CC1. The molecule has 1 atom stereocenters. The fourth-order valence-electron chi connectivity index (χ4n) is 4.00. The van der Waals surface area contributed by atoms with Gasteiger partial charge < -0.3 is 15.7 Å². The monoisotopic (exact) mass is 282 g/mol. The second-order valence-electron chi connectivity index (χ2n) is 7.67. The van der Waals surface area contributed by atoms with Crippen molar-refractivity contribution in [2.24, 2.45) is 11.1 Å². The third-order valence-electron chi connectivity index (χ3n) is 5.66. The maximum Gasteiger partial charge on any atom is 0.0608 e. The van der Waals surface area contributed by atoms with Crippen LogP contribution in [0.25, 0.3) is 0 Å². The van der Waals surface area contributed by atoms with E-state index in [0.717, 1.165) is 18.3 Å². The molecule has 118 valence electrons. The molecule has 3 heteroatoms. The van der Waals surface area contributed by atoms with Gasteiger partial charge in [0.05, 0.1) is 6.61 Å². The van der Waals surface area contributed by atoms with Crippen LogP contribution in [-0.2, 0) is 0 Å². The highest BCUT2D eigenvalue weighted by molar-refractivity contribution is 4.88. The molecule has 0 amide bonds. The number of aliphatic hydroxyl groups is 1. The summed E-state index contributed by atoms with van der Waals surface area (Å²) in [5, 5.41) is 9.15. The molecular formula is C17H34N2O. The fraction of sp³-hybridized carbons (Fsp3) is 1.00. The van der Waals surface area contributed by atoms with Gasteiger partial charge in [-0.2, -0.15) is 0 Å². The summed E-state index contributed by atoms with van der Waals surface area (Å²) in [7, 11) is 0. The Morgan fingerprint density at radius 1 is 1.05 bits per heavy atom. The number of rotatable bonds is 6. The van der Waals surface area contributed by atoms with Crippen molar-refractivity contribution >= 4 is 0 Å². The second-order valence-corrected chi connectivity index (χ2v) is 7.67. The molecule has 0 aromatic rings. The number of hydrogen-bond acceptors (Lipinski definition) is 3. The van der Waals surface area contributed by atoms with Gasteiger partial charge in [-0.1, -0.05) is 25.7 Å². The maximum atomic E-state index is 9.15. The Labute approximate surface area is 124 Å². The van der Waals surface area contributed by atoms with E-state index in [9.17, 15) is 0 Å². The Kier molecular flexibility index (Phi) is 5.88. The van der Waals surface area contributed by atoms with Gasteiger partial charge in [-0.05, 0) is 70.5 Å². The van der Waals surface area contributed by atoms with Crippen LogP contribution >= 0.6 is 0 Å². The molecule has 0 bridgehead atoms. The molecule has 1 spiro atoms. The zero-order chi connectivity index (χ0) is 14.5. The quantitative estimate of drug-likeness (QED) is 0.737. The van der Waals surface area contributed by atoms with Crippen LogP contribution in [-0.4, -0.2) is 41.8 Å². The first-order valence-electron chi connectivity index (χ1n) is 8.67. The summed E-state index contributed by atoms with van der Waals surface area (Å²) in [6, 6.07) is 0. The fourth-order valence-corrected chi connectivity index (χ4v) is 4.00. The van der Waals surface area contributed by atoms with Gasteiger partial charge in [0.25, 0.3) is 0 Å². The summed E-state index contributed by atoms with van der Waals surface area (Å²) >= 11 is 0. The smallest absolute Gasteiger partial charge is 0.0608 e. The molecule has 3 nitrogen and oxygen atoms in total. The van der Waals surface area contributed by atoms with E-state index in [-0.39, 0.29) is 12.1 Å². The topological polar surface area (TPSA) is 49.5 Å². The molecule has 2 aliphatic rings. The minimum Gasteiger partial charge on any atom is -0.394 e. The maximum absolute atomic E-state index is 9.15. The molecule has 2 fully saturated rings. The van der Waals surface area contributed by atoms with Crippen LogP contribution in [0.3, 0.4) is 0 Å². The van der Waals surface area contributed by atoms with Gasteiger partial charge >= 0.3 is 0 Å². The number of piperidine rings is 1. The van der Waals surface area contributed by atoms with Crippen molar-refractivity contribution in [1.82, 2.24) is 4.90 Å². The molecular weight excluding hydrogens is 248 g/mol. The lowest BCUT2D eigenvalue weighted by molar-refractivity contribution is 0.0665. The normalized spacial score (nSPS) is 26.6. The Morgan fingerprint density at radius 3 is 2.30 bits per heavy atom. The Bertz CT molecular complexity index is 275. The molecule has 1 aliphatic carbocycles. The van der Waals surface area contributed by atoms with Gasteiger partial charge in [0, 0.05) is 5.54 Å². The van der Waals surface area contributed by atoms with Gasteiger partial charge in [0.1, 0.15) is 0 Å². The van der Waals surface area contributed by atoms with Crippen molar-refractivity contribution in [3.63, 3.8) is 0 Å². The lowest BCUT2D eigenvalue weighted by Crippen LogP contribution is -2.42. The van der Waals surface area contributed by atoms with Crippen LogP contribution in [0.4, 0.5) is 0 Å². The molecule has 1 aliphatic heterocycles. The number of nitrogens with two attached hydrogens (primary N) is 1. The van der Waals surface area contributed by atoms with Crippen LogP contribution in [0.1, 0.15) is 71.1 Å². The van der Waals surface area contributed by atoms with E-state index in [1.165, 1.54) is 71.0 Å². The van der Waals surface area contributed by atoms with Crippen LogP contribution in [0, 0.1) is 5.41 Å². The molecule has 2 rings (SSSR count). The average molecular weight is 282 g/mol. The highest BCUT2D eigenvalue weighted by Gasteiger charge is 2.35. The van der Waals surface area contributed by atoms with Crippen molar-refractivity contribution in [2.45, 2.75) is 76.7 Å². The van der Waals surface area contributed by atoms with Gasteiger partial charge in [0.2, 0.25) is 0 Å². The van der Waals surface area contributed by atoms with Crippen molar-refractivity contribution in [3.05, 3.63) is 0 Å². The number of nitrogens with zero attached hydrogens (tertiary/aromatic N) is 1. The third kappa shape index (κ3) is 4.71. The summed E-state index contributed by atoms with van der Waals surface area (Å²) in [6.45, 7) is 5.87. The van der Waals surface area contributed by atoms with Crippen LogP contribution in [0.2, 0.25) is 0 Å². The number of hydrogen-bond donors (Lipinski definition) is 2. The lowest BCUT2D eigenvalue weighted by atomic mass is 9.68. The minimum atomic E-state index is -0.381. The van der Waals surface area contributed by atoms with Gasteiger partial charge in [-0.25, -0.2) is 0 Å². The van der Waals surface area contributed by atoms with E-state index in [1.54, 1.807) is 0 Å². The molecule has 0 radical (unpaired) electrons. The minimum absolute atomic E-state index is 0.0965. The largest absolute Gasteiger partial charge is 0.394 e. The molecule has 3 N–H and O–H groups in total. The second kappa shape index (κ2) is 7.24. The summed E-state index contributed by atoms with van der Waals surface area (Å²) in [5.41, 5.74) is 6.31. The lowest BCUT2D eigenvalue weighted by Gasteiger charge is -2.44. The van der Waals surface area contributed by atoms with Crippen LogP contribution in [0.5, 0.6) is 0 Å². The van der Waals surface area contributed by atoms with Crippen molar-refractivity contribution < 1.29 is 5.11 Å². The Hall–Kier alpha value is -0.120. The van der Waals surface area contributed by atoms with Gasteiger partial charge in [-0.15, -0.1) is 0 Å². The predicted molar refractivity (Wildman–Crippen MR) is 84.7 cm³/mol. The first kappa shape index (κ1) is 16.3. The summed E-state index contributed by atoms with van der Waals surface area (Å²) in [4.78, 5) is 2.65. The average Bonchev–Trinajstić information content (AvgIpc) is 2.47. The molecule has 1 saturated heterocycles. The number of aliphatic hydroxyl groups excluding tert-OH is 1. The Balaban J connectivity index is 1.60. The molecule has 20 heavy (non-hydrogen) atoms. The van der Waals surface area contributed by atoms with E-state index < -0.39 is 0 Å². The van der Waals surface area contributed by atoms with Crippen LogP contribution in [0.15, 0.2) is 0 Å². The van der Waals surface area contributed by atoms with Gasteiger partial charge in [0.15, 0.2) is 0 Å². The number of likely N-dealkylation sites (tertiary alicyclic amines) is 1. The van der Waals surface area contributed by atoms with Crippen LogP contribution < -0.4 is 5.73 Å². The van der Waals surface area contributed by atoms with Crippen molar-refractivity contribution in [3.8, 4) is 0 Å². The van der Waals surface area contributed by atoms with E-state index in [1.807, 2.05) is 6.92 Å². The predicted octanol–water partition coefficient (Wildman–Crippen LogP) is 2.91. The van der Waals surface area contributed by atoms with Gasteiger partial charge in [-0.3, -0.25) is 0 Å². The summed E-state index contributed by atoms with van der Waals surface area (Å²) < 4.78 is 0. The highest BCUT2D eigenvalue weighted by atomic mass is 16.3. The zero-order valence-electron chi connectivity index (χ0n) is 13.4. The molecule has 1 unspecified atom stereocenters. The standard InChI is InChI=1S/C17H34N2O/c1-16(18,15-20)7-5-6-12-19-13-10-17(11-14-19)8-3-2-4-9-17/h20H,2-15,18H2,1H3. The molecule has 1 saturated carbocycles. The zero-order valence-corrected chi connectivity index (χ0v) is 13.4. The molecule has 1 heterocycles. The highest BCUT2D eigenvalue weighted by Crippen LogP contribution is 2.44. The van der Waals surface area contributed by atoms with E-state index in [2.05, 4.69) is 4.90 Å². The van der Waals surface area contributed by atoms with E-state index in [0.29, 0.717) is 0 Å². The van der Waals surface area contributed by atoms with Crippen molar-refractivity contribution in [1.29, 1.82) is 0 Å². The first-order chi connectivity index (χ1) is 9.55. The summed E-state index contributed by atoms with van der Waals surface area (Å²) in [5.74, 6) is 0. The molecule has 0 aromatic heterocycles. The molecule has 0 aromatic carbocycles. The van der Waals surface area contributed by atoms with E-state index >= 15 is 0 Å². The first-order valence-corrected chi connectivity index (χ1v) is 8.67.